The van der Waals surface area contributed by atoms with Crippen molar-refractivity contribution in [1.82, 2.24) is 9.99 Å². The van der Waals surface area contributed by atoms with Crippen LogP contribution < -0.4 is 20.5 Å². The maximum absolute atomic E-state index is 15.4. The van der Waals surface area contributed by atoms with E-state index < -0.39 is 88.3 Å². The van der Waals surface area contributed by atoms with Crippen LogP contribution in [-0.4, -0.2) is 63.0 Å². The topological polar surface area (TPSA) is 170 Å². The number of phenolic OH excluding ortho intramolecular Hbond substituents is 1. The van der Waals surface area contributed by atoms with Crippen LogP contribution in [0.15, 0.2) is 89.0 Å². The van der Waals surface area contributed by atoms with Gasteiger partial charge in [0.1, 0.15) is 0 Å². The number of imide groups is 2. The second kappa shape index (κ2) is 14.4. The number of carbonyl (C=O) groups is 4. The summed E-state index contributed by atoms with van der Waals surface area (Å²) in [4.78, 5) is 63.8. The number of hydrogen-bond acceptors (Lipinski definition) is 10. The van der Waals surface area contributed by atoms with Gasteiger partial charge in [0.2, 0.25) is 11.8 Å². The van der Waals surface area contributed by atoms with E-state index in [-0.39, 0.29) is 40.0 Å². The number of rotatable bonds is 7. The van der Waals surface area contributed by atoms with Crippen molar-refractivity contribution in [2.24, 2.45) is 23.7 Å². The minimum absolute atomic E-state index is 0.0142. The predicted octanol–water partition coefficient (Wildman–Crippen LogP) is 5.75. The summed E-state index contributed by atoms with van der Waals surface area (Å²) in [5.41, 5.74) is 1.02. The van der Waals surface area contributed by atoms with Gasteiger partial charge in [0.15, 0.2) is 17.3 Å². The van der Waals surface area contributed by atoms with Crippen LogP contribution >= 0.6 is 39.1 Å². The molecule has 1 aromatic heterocycles. The first kappa shape index (κ1) is 39.9. The van der Waals surface area contributed by atoms with Crippen molar-refractivity contribution in [3.63, 3.8) is 0 Å². The first-order valence-electron chi connectivity index (χ1n) is 17.7. The van der Waals surface area contributed by atoms with Crippen LogP contribution in [-0.2, 0) is 30.8 Å². The zero-order valence-electron chi connectivity index (χ0n) is 29.9. The maximum Gasteiger partial charge on any atom is 0.488 e. The Hall–Kier alpha value is -4.94. The van der Waals surface area contributed by atoms with Gasteiger partial charge in [0.05, 0.1) is 51.0 Å². The molecule has 6 atom stereocenters. The summed E-state index contributed by atoms with van der Waals surface area (Å²) >= 11 is 16.0. The third-order valence-electron chi connectivity index (χ3n) is 11.6. The van der Waals surface area contributed by atoms with E-state index in [2.05, 4.69) is 26.3 Å². The van der Waals surface area contributed by atoms with Crippen molar-refractivity contribution in [2.75, 3.05) is 17.4 Å². The number of fused-ring (bicyclic) bond motifs is 4. The fourth-order valence-corrected chi connectivity index (χ4v) is 9.95. The molecular weight excluding hydrogens is 871 g/mol. The van der Waals surface area contributed by atoms with Gasteiger partial charge in [0.25, 0.3) is 11.8 Å². The van der Waals surface area contributed by atoms with Crippen LogP contribution in [0.5, 0.6) is 11.5 Å². The number of methoxy groups -OCH3 is 1. The molecule has 58 heavy (non-hydrogen) atoms. The molecule has 8 rings (SSSR count). The van der Waals surface area contributed by atoms with Gasteiger partial charge in [0, 0.05) is 17.1 Å². The van der Waals surface area contributed by atoms with Crippen LogP contribution in [0.25, 0.3) is 0 Å². The molecule has 12 nitrogen and oxygen atoms in total. The molecule has 4 aliphatic rings. The third-order valence-corrected chi connectivity index (χ3v) is 12.7. The number of anilines is 2. The lowest BCUT2D eigenvalue weighted by Gasteiger charge is -2.50. The average Bonchev–Trinajstić information content (AvgIpc) is 3.57. The molecule has 19 heteroatoms. The van der Waals surface area contributed by atoms with E-state index in [0.29, 0.717) is 39.0 Å². The van der Waals surface area contributed by atoms with Crippen molar-refractivity contribution in [3.8, 4) is 11.5 Å². The number of allylic oxidation sites excluding steroid dienone is 2. The van der Waals surface area contributed by atoms with E-state index in [1.165, 1.54) is 37.4 Å². The molecule has 4 aromatic rings. The Morgan fingerprint density at radius 2 is 1.71 bits per heavy atom. The first-order valence-corrected chi connectivity index (χ1v) is 19.3. The highest BCUT2D eigenvalue weighted by molar-refractivity contribution is 9.10. The molecule has 4 amide bonds. The van der Waals surface area contributed by atoms with Crippen LogP contribution in [0, 0.1) is 23.7 Å². The van der Waals surface area contributed by atoms with Gasteiger partial charge < -0.3 is 19.9 Å². The largest absolute Gasteiger partial charge is 0.503 e. The van der Waals surface area contributed by atoms with Crippen molar-refractivity contribution < 1.29 is 52.2 Å². The summed E-state index contributed by atoms with van der Waals surface area (Å²) in [6, 6.07) is 15.7. The molecule has 0 bridgehead atoms. The highest BCUT2D eigenvalue weighted by Crippen LogP contribution is 2.65. The van der Waals surface area contributed by atoms with Gasteiger partial charge in [-0.05, 0) is 93.7 Å². The van der Waals surface area contributed by atoms with Gasteiger partial charge in [-0.25, -0.2) is 4.98 Å². The molecule has 6 unspecified atom stereocenters. The van der Waals surface area contributed by atoms with Crippen LogP contribution in [0.2, 0.25) is 10.0 Å². The zero-order valence-corrected chi connectivity index (χ0v) is 33.0. The number of nitrogens with zero attached hydrogens (tertiary/aromatic N) is 3. The number of pyridine rings is 1. The molecular formula is C39H29BBrCl2F3N4O8. The van der Waals surface area contributed by atoms with Crippen LogP contribution in [0.3, 0.4) is 0 Å². The maximum atomic E-state index is 15.4. The highest BCUT2D eigenvalue weighted by atomic mass is 79.9. The van der Waals surface area contributed by atoms with Gasteiger partial charge in [-0.3, -0.25) is 29.5 Å². The second-order valence-corrected chi connectivity index (χ2v) is 16.2. The molecule has 0 spiro atoms. The Bertz CT molecular complexity index is 2460. The number of aromatic hydroxyl groups is 1. The Morgan fingerprint density at radius 3 is 2.36 bits per heavy atom. The molecule has 298 valence electrons. The number of amides is 4. The molecule has 2 aliphatic heterocycles. The lowest BCUT2D eigenvalue weighted by molar-refractivity contribution is -0.139. The van der Waals surface area contributed by atoms with Gasteiger partial charge in [-0.15, -0.1) is 0 Å². The minimum atomic E-state index is -4.78. The standard InChI is InChI=1S/C39H29BBrCl2F3N4O8/c1-58-29-12-17(11-27(41)32(29)51)31-23-9-10-24-30(36(54)49(34(24)52)22-4-2-3-20(14-22)40(56)57)25(23)15-26-35(53)50(37(55)38(26,31)18-5-7-21(42)8-6-18)48-33-28(43)13-19(16-47-33)39(44,45)46/h2-9,11-14,16,24-26,30-31,51,56-57H,10,15H2,1H3,(H,47,48). The minimum Gasteiger partial charge on any atom is -0.503 e. The third kappa shape index (κ3) is 6.08. The fraction of sp³-hybridized carbons (Fsp3) is 0.256. The summed E-state index contributed by atoms with van der Waals surface area (Å²) in [5, 5.41) is 31.0. The Balaban J connectivity index is 1.32. The Kier molecular flexibility index (Phi) is 9.91. The number of phenols is 1. The molecule has 2 aliphatic carbocycles. The summed E-state index contributed by atoms with van der Waals surface area (Å²) in [6.07, 6.45) is -2.56. The van der Waals surface area contributed by atoms with Crippen LogP contribution in [0.4, 0.5) is 24.7 Å². The predicted molar refractivity (Wildman–Crippen MR) is 208 cm³/mol. The summed E-state index contributed by atoms with van der Waals surface area (Å²) in [7, 11) is -0.545. The number of nitrogens with one attached hydrogen (secondary N) is 1. The van der Waals surface area contributed by atoms with Crippen LogP contribution in [0.1, 0.15) is 35.4 Å². The van der Waals surface area contributed by atoms with Crippen molar-refractivity contribution in [3.05, 3.63) is 116 Å². The van der Waals surface area contributed by atoms with Crippen molar-refractivity contribution >= 4 is 86.8 Å². The molecule has 2 saturated heterocycles. The molecule has 3 heterocycles. The highest BCUT2D eigenvalue weighted by Gasteiger charge is 2.70. The number of ether oxygens (including phenoxy) is 1. The lowest BCUT2D eigenvalue weighted by Crippen LogP contribution is -2.53. The second-order valence-electron chi connectivity index (χ2n) is 14.5. The number of hydrazine groups is 1. The fourth-order valence-electron chi connectivity index (χ4n) is 9.15. The number of halogens is 6. The quantitative estimate of drug-likeness (QED) is 0.102. The molecule has 1 saturated carbocycles. The van der Waals surface area contributed by atoms with E-state index in [9.17, 15) is 42.7 Å². The summed E-state index contributed by atoms with van der Waals surface area (Å²) in [6.45, 7) is 0. The van der Waals surface area contributed by atoms with Gasteiger partial charge in [-0.1, -0.05) is 59.1 Å². The zero-order chi connectivity index (χ0) is 41.6. The number of alkyl halides is 3. The first-order chi connectivity index (χ1) is 27.5. The Morgan fingerprint density at radius 1 is 0.983 bits per heavy atom. The molecule has 3 fully saturated rings. The van der Waals surface area contributed by atoms with Crippen molar-refractivity contribution in [1.29, 1.82) is 0 Å². The number of hydrogen-bond donors (Lipinski definition) is 4. The Labute approximate surface area is 346 Å². The lowest BCUT2D eigenvalue weighted by atomic mass is 9.49. The molecule has 4 N–H and O–H groups in total. The summed E-state index contributed by atoms with van der Waals surface area (Å²) in [5.74, 6) is -8.53. The van der Waals surface area contributed by atoms with E-state index in [1.54, 1.807) is 36.4 Å². The smallest absolute Gasteiger partial charge is 0.488 e. The summed E-state index contributed by atoms with van der Waals surface area (Å²) < 4.78 is 46.2. The number of carbonyl (C=O) groups excluding carboxylic acids is 4. The van der Waals surface area contributed by atoms with E-state index in [1.807, 2.05) is 0 Å². The van der Waals surface area contributed by atoms with Crippen molar-refractivity contribution in [2.45, 2.75) is 30.4 Å². The monoisotopic (exact) mass is 898 g/mol. The average molecular weight is 900 g/mol. The van der Waals surface area contributed by atoms with Gasteiger partial charge >= 0.3 is 13.3 Å². The van der Waals surface area contributed by atoms with E-state index in [4.69, 9.17) is 27.9 Å². The van der Waals surface area contributed by atoms with Gasteiger partial charge in [-0.2, -0.15) is 18.2 Å². The SMILES string of the molecule is COc1cc(C2C3=CCC4C(=O)N(c5cccc(B(O)O)c5)C(=O)C4C3CC3C(=O)N(Nc4ncc(C(F)(F)F)cc4Cl)C(=O)C32c2ccc(Cl)cc2)cc(Br)c1O. The van der Waals surface area contributed by atoms with E-state index >= 15 is 4.79 Å². The number of aromatic nitrogens is 1. The molecule has 0 radical (unpaired) electrons. The van der Waals surface area contributed by atoms with E-state index in [0.717, 1.165) is 4.90 Å². The molecule has 3 aromatic carbocycles. The normalized spacial score (nSPS) is 25.3. The number of benzene rings is 3.